The minimum atomic E-state index is -0.421. The molecule has 0 bridgehead atoms. The minimum Gasteiger partial charge on any atom is -0.872 e. The lowest BCUT2D eigenvalue weighted by Gasteiger charge is -2.05. The molecule has 2 rings (SSSR count). The Labute approximate surface area is 74.2 Å². The molecule has 0 radical (unpaired) electrons. The van der Waals surface area contributed by atoms with Crippen molar-refractivity contribution < 1.29 is 9.52 Å². The van der Waals surface area contributed by atoms with Gasteiger partial charge in [0.25, 0.3) is 0 Å². The van der Waals surface area contributed by atoms with E-state index in [1.54, 1.807) is 6.07 Å². The van der Waals surface area contributed by atoms with Gasteiger partial charge in [0, 0.05) is 11.5 Å². The van der Waals surface area contributed by atoms with Crippen LogP contribution in [-0.4, -0.2) is 0 Å². The predicted octanol–water partition coefficient (Wildman–Crippen LogP) is 1.18. The van der Waals surface area contributed by atoms with E-state index in [9.17, 15) is 9.90 Å². The van der Waals surface area contributed by atoms with E-state index in [0.29, 0.717) is 5.58 Å². The van der Waals surface area contributed by atoms with Crippen LogP contribution >= 0.6 is 0 Å². The van der Waals surface area contributed by atoms with Gasteiger partial charge in [-0.2, -0.15) is 0 Å². The number of hydrogen-bond acceptors (Lipinski definition) is 3. The topological polar surface area (TPSA) is 53.3 Å². The molecule has 0 fully saturated rings. The van der Waals surface area contributed by atoms with E-state index >= 15 is 0 Å². The maximum Gasteiger partial charge on any atom is 0.336 e. The van der Waals surface area contributed by atoms with Crippen molar-refractivity contribution in [1.29, 1.82) is 0 Å². The molecule has 0 atom stereocenters. The average molecular weight is 175 g/mol. The Morgan fingerprint density at radius 2 is 2.08 bits per heavy atom. The summed E-state index contributed by atoms with van der Waals surface area (Å²) in [4.78, 5) is 10.9. The van der Waals surface area contributed by atoms with E-state index in [-0.39, 0.29) is 5.75 Å². The highest BCUT2D eigenvalue weighted by Crippen LogP contribution is 2.19. The van der Waals surface area contributed by atoms with Gasteiger partial charge < -0.3 is 9.52 Å². The van der Waals surface area contributed by atoms with Crippen LogP contribution in [-0.2, 0) is 0 Å². The second kappa shape index (κ2) is 2.62. The number of benzene rings is 1. The molecule has 0 saturated carbocycles. The van der Waals surface area contributed by atoms with Crippen molar-refractivity contribution in [3.8, 4) is 5.75 Å². The molecule has 1 aromatic carbocycles. The van der Waals surface area contributed by atoms with Crippen LogP contribution in [0.1, 0.15) is 5.56 Å². The SMILES string of the molecule is Cc1cc(=O)oc2cc([O-])ccc12. The molecule has 0 spiro atoms. The van der Waals surface area contributed by atoms with Gasteiger partial charge in [0.15, 0.2) is 0 Å². The fourth-order valence-corrected chi connectivity index (χ4v) is 1.31. The predicted molar refractivity (Wildman–Crippen MR) is 46.7 cm³/mol. The molecule has 3 heteroatoms. The van der Waals surface area contributed by atoms with E-state index < -0.39 is 5.63 Å². The van der Waals surface area contributed by atoms with Gasteiger partial charge in [-0.3, -0.25) is 0 Å². The van der Waals surface area contributed by atoms with Crippen molar-refractivity contribution in [2.24, 2.45) is 0 Å². The molecule has 0 aliphatic heterocycles. The monoisotopic (exact) mass is 175 g/mol. The number of aryl methyl sites for hydroxylation is 1. The molecular formula is C10H7O3-. The highest BCUT2D eigenvalue weighted by molar-refractivity contribution is 5.80. The molecule has 0 N–H and O–H groups in total. The number of rotatable bonds is 0. The quantitative estimate of drug-likeness (QED) is 0.565. The summed E-state index contributed by atoms with van der Waals surface area (Å²) in [6, 6.07) is 5.85. The lowest BCUT2D eigenvalue weighted by Crippen LogP contribution is -1.98. The van der Waals surface area contributed by atoms with Crippen LogP contribution in [0.4, 0.5) is 0 Å². The molecule has 1 heterocycles. The third kappa shape index (κ3) is 1.28. The van der Waals surface area contributed by atoms with Crippen LogP contribution in [0, 0.1) is 6.92 Å². The van der Waals surface area contributed by atoms with Gasteiger partial charge in [0.2, 0.25) is 0 Å². The van der Waals surface area contributed by atoms with Crippen LogP contribution in [0.5, 0.6) is 5.75 Å². The van der Waals surface area contributed by atoms with Gasteiger partial charge in [-0.15, -0.1) is 5.75 Å². The van der Waals surface area contributed by atoms with Crippen LogP contribution in [0.15, 0.2) is 33.5 Å². The van der Waals surface area contributed by atoms with Crippen molar-refractivity contribution in [2.75, 3.05) is 0 Å². The molecule has 0 aliphatic carbocycles. The van der Waals surface area contributed by atoms with E-state index in [1.807, 2.05) is 6.92 Å². The summed E-state index contributed by atoms with van der Waals surface area (Å²) in [6.45, 7) is 1.81. The van der Waals surface area contributed by atoms with Crippen molar-refractivity contribution in [3.05, 3.63) is 40.2 Å². The maximum absolute atomic E-state index is 10.9. The third-order valence-electron chi connectivity index (χ3n) is 1.92. The lowest BCUT2D eigenvalue weighted by atomic mass is 10.1. The highest BCUT2D eigenvalue weighted by atomic mass is 16.4. The molecule has 3 nitrogen and oxygen atoms in total. The fourth-order valence-electron chi connectivity index (χ4n) is 1.31. The molecule has 0 aliphatic rings. The fraction of sp³-hybridized carbons (Fsp3) is 0.100. The standard InChI is InChI=1S/C10H8O3/c1-6-4-10(12)13-9-5-7(11)2-3-8(6)9/h2-5,11H,1H3/p-1. The first-order chi connectivity index (χ1) is 6.16. The first-order valence-electron chi connectivity index (χ1n) is 3.88. The van der Waals surface area contributed by atoms with Gasteiger partial charge >= 0.3 is 5.63 Å². The molecule has 0 saturated heterocycles. The Hall–Kier alpha value is -1.77. The summed E-state index contributed by atoms with van der Waals surface area (Å²) in [6.07, 6.45) is 0. The molecule has 13 heavy (non-hydrogen) atoms. The summed E-state index contributed by atoms with van der Waals surface area (Å²) >= 11 is 0. The van der Waals surface area contributed by atoms with E-state index in [4.69, 9.17) is 4.42 Å². The van der Waals surface area contributed by atoms with Crippen LogP contribution in [0.25, 0.3) is 11.0 Å². The Morgan fingerprint density at radius 3 is 2.85 bits per heavy atom. The Balaban J connectivity index is 2.94. The highest BCUT2D eigenvalue weighted by Gasteiger charge is 1.99. The molecule has 0 unspecified atom stereocenters. The zero-order valence-electron chi connectivity index (χ0n) is 7.03. The average Bonchev–Trinajstić information content (AvgIpc) is 2.02. The van der Waals surface area contributed by atoms with Crippen LogP contribution in [0.3, 0.4) is 0 Å². The van der Waals surface area contributed by atoms with Crippen molar-refractivity contribution in [2.45, 2.75) is 6.92 Å². The Morgan fingerprint density at radius 1 is 1.31 bits per heavy atom. The van der Waals surface area contributed by atoms with E-state index in [1.165, 1.54) is 18.2 Å². The number of hydrogen-bond donors (Lipinski definition) is 0. The van der Waals surface area contributed by atoms with Crippen molar-refractivity contribution >= 4 is 11.0 Å². The van der Waals surface area contributed by atoms with Gasteiger partial charge in [0.1, 0.15) is 5.58 Å². The van der Waals surface area contributed by atoms with Gasteiger partial charge in [-0.05, 0) is 18.6 Å². The molecule has 1 aromatic heterocycles. The summed E-state index contributed by atoms with van der Waals surface area (Å²) < 4.78 is 4.87. The van der Waals surface area contributed by atoms with Crippen molar-refractivity contribution in [1.82, 2.24) is 0 Å². The van der Waals surface area contributed by atoms with Crippen LogP contribution < -0.4 is 10.7 Å². The summed E-state index contributed by atoms with van der Waals surface area (Å²) in [7, 11) is 0. The van der Waals surface area contributed by atoms with Gasteiger partial charge in [-0.1, -0.05) is 12.1 Å². The Bertz CT molecular complexity index is 511. The van der Waals surface area contributed by atoms with E-state index in [2.05, 4.69) is 0 Å². The zero-order chi connectivity index (χ0) is 9.42. The third-order valence-corrected chi connectivity index (χ3v) is 1.92. The summed E-state index contributed by atoms with van der Waals surface area (Å²) in [5, 5.41) is 11.7. The zero-order valence-corrected chi connectivity index (χ0v) is 7.03. The first kappa shape index (κ1) is 7.86. The van der Waals surface area contributed by atoms with Gasteiger partial charge in [0.05, 0.1) is 0 Å². The van der Waals surface area contributed by atoms with Crippen molar-refractivity contribution in [3.63, 3.8) is 0 Å². The molecule has 66 valence electrons. The molecular weight excluding hydrogens is 168 g/mol. The second-order valence-electron chi connectivity index (χ2n) is 2.91. The smallest absolute Gasteiger partial charge is 0.336 e. The molecule has 2 aromatic rings. The largest absolute Gasteiger partial charge is 0.872 e. The minimum absolute atomic E-state index is 0.152. The Kier molecular flexibility index (Phi) is 1.59. The summed E-state index contributed by atoms with van der Waals surface area (Å²) in [5.41, 5.74) is 0.763. The molecule has 0 amide bonds. The lowest BCUT2D eigenvalue weighted by molar-refractivity contribution is -0.268. The first-order valence-corrected chi connectivity index (χ1v) is 3.88. The number of fused-ring (bicyclic) bond motifs is 1. The summed E-state index contributed by atoms with van der Waals surface area (Å²) in [5.74, 6) is -0.152. The normalized spacial score (nSPS) is 10.5. The van der Waals surface area contributed by atoms with E-state index in [0.717, 1.165) is 10.9 Å². The second-order valence-corrected chi connectivity index (χ2v) is 2.91. The van der Waals surface area contributed by atoms with Gasteiger partial charge in [-0.25, -0.2) is 4.79 Å². The maximum atomic E-state index is 10.9. The van der Waals surface area contributed by atoms with Crippen LogP contribution in [0.2, 0.25) is 0 Å².